The summed E-state index contributed by atoms with van der Waals surface area (Å²) in [5.41, 5.74) is 5.05. The highest BCUT2D eigenvalue weighted by molar-refractivity contribution is 5.96. The number of fused-ring (bicyclic) bond motifs is 4. The zero-order chi connectivity index (χ0) is 26.5. The number of benzene rings is 3. The van der Waals surface area contributed by atoms with Crippen LogP contribution in [0.4, 0.5) is 14.7 Å². The Morgan fingerprint density at radius 3 is 2.87 bits per heavy atom. The van der Waals surface area contributed by atoms with Crippen LogP contribution >= 0.6 is 0 Å². The SMILES string of the molecule is N#CNc1nc2cc(/C=C3/c4ccc(F)cc4OCc4c(F)cccc43)ccc2n1[C@H]1C[C@H]2COCCN2C1. The summed E-state index contributed by atoms with van der Waals surface area (Å²) >= 11 is 0. The van der Waals surface area contributed by atoms with E-state index < -0.39 is 5.82 Å². The molecule has 7 rings (SSSR count). The van der Waals surface area contributed by atoms with Crippen LogP contribution in [-0.4, -0.2) is 46.8 Å². The smallest absolute Gasteiger partial charge is 0.217 e. The van der Waals surface area contributed by atoms with Gasteiger partial charge in [-0.05, 0) is 59.5 Å². The van der Waals surface area contributed by atoms with Crippen molar-refractivity contribution in [2.45, 2.75) is 25.1 Å². The van der Waals surface area contributed by atoms with Crippen molar-refractivity contribution < 1.29 is 18.3 Å². The number of aromatic nitrogens is 2. The van der Waals surface area contributed by atoms with Gasteiger partial charge in [0.15, 0.2) is 6.19 Å². The number of anilines is 1. The molecule has 2 saturated heterocycles. The highest BCUT2D eigenvalue weighted by atomic mass is 19.1. The molecule has 2 fully saturated rings. The molecule has 0 radical (unpaired) electrons. The summed E-state index contributed by atoms with van der Waals surface area (Å²) in [6.07, 6.45) is 4.90. The first-order valence-corrected chi connectivity index (χ1v) is 13.0. The first kappa shape index (κ1) is 23.8. The second kappa shape index (κ2) is 9.49. The minimum absolute atomic E-state index is 0.00682. The van der Waals surface area contributed by atoms with E-state index in [4.69, 9.17) is 14.5 Å². The third-order valence-electron chi connectivity index (χ3n) is 7.91. The lowest BCUT2D eigenvalue weighted by Crippen LogP contribution is -2.40. The van der Waals surface area contributed by atoms with Crippen LogP contribution in [0.25, 0.3) is 22.7 Å². The summed E-state index contributed by atoms with van der Waals surface area (Å²) in [7, 11) is 0. The molecule has 4 aromatic rings. The van der Waals surface area contributed by atoms with Crippen molar-refractivity contribution in [1.82, 2.24) is 14.5 Å². The van der Waals surface area contributed by atoms with Crippen LogP contribution in [0, 0.1) is 23.1 Å². The molecule has 7 nitrogen and oxygen atoms in total. The van der Waals surface area contributed by atoms with Gasteiger partial charge in [0.25, 0.3) is 0 Å². The van der Waals surface area contributed by atoms with Gasteiger partial charge in [-0.1, -0.05) is 18.2 Å². The average molecular weight is 526 g/mol. The number of ether oxygens (including phenoxy) is 2. The Bertz CT molecular complexity index is 1660. The highest BCUT2D eigenvalue weighted by Gasteiger charge is 2.36. The van der Waals surface area contributed by atoms with Crippen molar-refractivity contribution in [3.05, 3.63) is 88.5 Å². The minimum atomic E-state index is -0.418. The van der Waals surface area contributed by atoms with E-state index in [1.54, 1.807) is 12.1 Å². The van der Waals surface area contributed by atoms with Crippen LogP contribution in [0.2, 0.25) is 0 Å². The van der Waals surface area contributed by atoms with Crippen molar-refractivity contribution in [3.63, 3.8) is 0 Å². The number of hydrogen-bond donors (Lipinski definition) is 1. The number of morpholine rings is 1. The Morgan fingerprint density at radius 1 is 1.08 bits per heavy atom. The molecule has 0 saturated carbocycles. The number of imidazole rings is 1. The van der Waals surface area contributed by atoms with E-state index >= 15 is 0 Å². The molecule has 4 heterocycles. The summed E-state index contributed by atoms with van der Waals surface area (Å²) in [5.74, 6) is 0.0913. The fourth-order valence-corrected chi connectivity index (χ4v) is 6.12. The number of nitrogens with one attached hydrogen (secondary N) is 1. The van der Waals surface area contributed by atoms with E-state index in [1.165, 1.54) is 18.2 Å². The highest BCUT2D eigenvalue weighted by Crippen LogP contribution is 2.40. The van der Waals surface area contributed by atoms with Gasteiger partial charge in [-0.25, -0.2) is 13.8 Å². The van der Waals surface area contributed by atoms with Gasteiger partial charge in [0.1, 0.15) is 24.0 Å². The number of halogens is 2. The van der Waals surface area contributed by atoms with Gasteiger partial charge in [0, 0.05) is 36.3 Å². The molecule has 0 aliphatic carbocycles. The van der Waals surface area contributed by atoms with Gasteiger partial charge in [-0.3, -0.25) is 10.2 Å². The van der Waals surface area contributed by atoms with Gasteiger partial charge in [0.05, 0.1) is 30.3 Å². The third-order valence-corrected chi connectivity index (χ3v) is 7.91. The van der Waals surface area contributed by atoms with E-state index in [9.17, 15) is 14.0 Å². The van der Waals surface area contributed by atoms with Crippen LogP contribution in [0.3, 0.4) is 0 Å². The second-order valence-corrected chi connectivity index (χ2v) is 10.2. The van der Waals surface area contributed by atoms with E-state index in [0.29, 0.717) is 34.4 Å². The van der Waals surface area contributed by atoms with Crippen LogP contribution in [-0.2, 0) is 11.3 Å². The van der Waals surface area contributed by atoms with E-state index in [2.05, 4.69) is 14.8 Å². The van der Waals surface area contributed by atoms with Gasteiger partial charge in [0.2, 0.25) is 5.95 Å². The Labute approximate surface area is 223 Å². The summed E-state index contributed by atoms with van der Waals surface area (Å²) < 4.78 is 42.5. The first-order chi connectivity index (χ1) is 19.1. The standard InChI is InChI=1S/C30H25F2N5O2/c31-19-5-6-23-24(22-2-1-3-26(32)25(22)16-39-29(23)12-19)10-18-4-7-28-27(11-18)35-30(34-17-33)37(28)20-13-21-15-38-9-8-36(21)14-20/h1-7,10-12,20-21H,8-9,13-16H2,(H,34,35)/b24-10+/t20-,21-/m0/s1. The van der Waals surface area contributed by atoms with E-state index in [-0.39, 0.29) is 18.5 Å². The molecular formula is C30H25F2N5O2. The molecular weight excluding hydrogens is 500 g/mol. The van der Waals surface area contributed by atoms with Gasteiger partial charge >= 0.3 is 0 Å². The maximum absolute atomic E-state index is 14.8. The molecule has 1 N–H and O–H groups in total. The molecule has 0 spiro atoms. The molecule has 196 valence electrons. The molecule has 3 aromatic carbocycles. The number of hydrogen-bond acceptors (Lipinski definition) is 6. The van der Waals surface area contributed by atoms with E-state index in [0.717, 1.165) is 54.9 Å². The molecule has 2 atom stereocenters. The number of rotatable bonds is 3. The molecule has 9 heteroatoms. The maximum atomic E-state index is 14.8. The van der Waals surface area contributed by atoms with Crippen LogP contribution < -0.4 is 10.1 Å². The second-order valence-electron chi connectivity index (χ2n) is 10.2. The van der Waals surface area contributed by atoms with Gasteiger partial charge in [-0.15, -0.1) is 0 Å². The summed E-state index contributed by atoms with van der Waals surface area (Å²) in [4.78, 5) is 7.21. The van der Waals surface area contributed by atoms with Crippen molar-refractivity contribution in [2.75, 3.05) is 31.6 Å². The Hall–Kier alpha value is -4.26. The largest absolute Gasteiger partial charge is 0.488 e. The predicted octanol–water partition coefficient (Wildman–Crippen LogP) is 5.33. The molecule has 1 aromatic heterocycles. The Balaban J connectivity index is 1.34. The lowest BCUT2D eigenvalue weighted by Gasteiger charge is -2.28. The number of nitrogens with zero attached hydrogens (tertiary/aromatic N) is 4. The van der Waals surface area contributed by atoms with Crippen LogP contribution in [0.5, 0.6) is 5.75 Å². The topological polar surface area (TPSA) is 75.3 Å². The molecule has 0 bridgehead atoms. The molecule has 3 aliphatic heterocycles. The normalized spacial score (nSPS) is 21.5. The lowest BCUT2D eigenvalue weighted by molar-refractivity contribution is 0.0128. The fourth-order valence-electron chi connectivity index (χ4n) is 6.12. The van der Waals surface area contributed by atoms with Crippen molar-refractivity contribution in [2.24, 2.45) is 0 Å². The van der Waals surface area contributed by atoms with Crippen molar-refractivity contribution in [3.8, 4) is 11.9 Å². The predicted molar refractivity (Wildman–Crippen MR) is 143 cm³/mol. The van der Waals surface area contributed by atoms with Crippen molar-refractivity contribution >= 4 is 28.6 Å². The molecule has 3 aliphatic rings. The summed E-state index contributed by atoms with van der Waals surface area (Å²) in [6.45, 7) is 3.25. The van der Waals surface area contributed by atoms with Gasteiger partial charge in [-0.2, -0.15) is 5.26 Å². The quantitative estimate of drug-likeness (QED) is 0.288. The first-order valence-electron chi connectivity index (χ1n) is 13.0. The van der Waals surface area contributed by atoms with Crippen LogP contribution in [0.1, 0.15) is 34.7 Å². The average Bonchev–Trinajstić information content (AvgIpc) is 3.47. The Morgan fingerprint density at radius 2 is 2.00 bits per heavy atom. The minimum Gasteiger partial charge on any atom is -0.488 e. The fraction of sp³-hybridized carbons (Fsp3) is 0.267. The number of nitriles is 1. The molecule has 0 unspecified atom stereocenters. The molecule has 0 amide bonds. The monoisotopic (exact) mass is 525 g/mol. The molecule has 39 heavy (non-hydrogen) atoms. The van der Waals surface area contributed by atoms with E-state index in [1.807, 2.05) is 36.5 Å². The summed E-state index contributed by atoms with van der Waals surface area (Å²) in [6, 6.07) is 15.8. The van der Waals surface area contributed by atoms with Crippen LogP contribution in [0.15, 0.2) is 54.6 Å². The summed E-state index contributed by atoms with van der Waals surface area (Å²) in [5, 5.41) is 12.2. The third kappa shape index (κ3) is 4.13. The zero-order valence-corrected chi connectivity index (χ0v) is 21.0. The lowest BCUT2D eigenvalue weighted by atomic mass is 9.92. The Kier molecular flexibility index (Phi) is 5.80. The zero-order valence-electron chi connectivity index (χ0n) is 21.0. The maximum Gasteiger partial charge on any atom is 0.217 e. The van der Waals surface area contributed by atoms with Crippen molar-refractivity contribution in [1.29, 1.82) is 5.26 Å². The van der Waals surface area contributed by atoms with Gasteiger partial charge < -0.3 is 14.0 Å².